The summed E-state index contributed by atoms with van der Waals surface area (Å²) in [6.45, 7) is 1.75. The van der Waals surface area contributed by atoms with Gasteiger partial charge in [0.2, 0.25) is 0 Å². The van der Waals surface area contributed by atoms with Crippen LogP contribution in [0.15, 0.2) is 42.5 Å². The SMILES string of the molecule is O=C(COc1ccc2c(c1)CCCC2)N1CCOC2(CCCCc3ccccc3OCCNC2=O)C1. The van der Waals surface area contributed by atoms with Crippen LogP contribution >= 0.6 is 0 Å². The number of morpholine rings is 1. The molecule has 0 bridgehead atoms. The molecule has 2 heterocycles. The molecular weight excluding hydrogens is 456 g/mol. The van der Waals surface area contributed by atoms with Gasteiger partial charge in [-0.15, -0.1) is 0 Å². The molecule has 2 aliphatic heterocycles. The number of carbonyl (C=O) groups is 2. The number of hydrogen-bond donors (Lipinski definition) is 1. The van der Waals surface area contributed by atoms with E-state index in [-0.39, 0.29) is 25.0 Å². The van der Waals surface area contributed by atoms with Crippen LogP contribution in [0.4, 0.5) is 0 Å². The number of benzene rings is 2. The van der Waals surface area contributed by atoms with Gasteiger partial charge in [0, 0.05) is 6.54 Å². The lowest BCUT2D eigenvalue weighted by molar-refractivity contribution is -0.168. The summed E-state index contributed by atoms with van der Waals surface area (Å²) >= 11 is 0. The van der Waals surface area contributed by atoms with Crippen molar-refractivity contribution in [3.05, 3.63) is 59.2 Å². The summed E-state index contributed by atoms with van der Waals surface area (Å²) in [4.78, 5) is 28.1. The van der Waals surface area contributed by atoms with Gasteiger partial charge in [0.05, 0.1) is 19.7 Å². The van der Waals surface area contributed by atoms with Crippen molar-refractivity contribution in [1.29, 1.82) is 0 Å². The second kappa shape index (κ2) is 11.3. The minimum absolute atomic E-state index is 0.0406. The molecular formula is C29H36N2O5. The Labute approximate surface area is 213 Å². The lowest BCUT2D eigenvalue weighted by Gasteiger charge is -2.41. The zero-order valence-corrected chi connectivity index (χ0v) is 20.9. The first-order valence-electron chi connectivity index (χ1n) is 13.3. The van der Waals surface area contributed by atoms with Gasteiger partial charge in [-0.05, 0) is 86.3 Å². The second-order valence-corrected chi connectivity index (χ2v) is 10.0. The molecule has 0 radical (unpaired) electrons. The highest BCUT2D eigenvalue weighted by molar-refractivity contribution is 5.87. The normalized spacial score (nSPS) is 22.8. The topological polar surface area (TPSA) is 77.1 Å². The number of fused-ring (bicyclic) bond motifs is 2. The summed E-state index contributed by atoms with van der Waals surface area (Å²) in [7, 11) is 0. The van der Waals surface area contributed by atoms with Crippen molar-refractivity contribution in [2.75, 3.05) is 39.5 Å². The minimum atomic E-state index is -1.04. The number of rotatable bonds is 3. The largest absolute Gasteiger partial charge is 0.491 e. The summed E-state index contributed by atoms with van der Waals surface area (Å²) < 4.78 is 17.9. The van der Waals surface area contributed by atoms with Gasteiger partial charge < -0.3 is 24.4 Å². The molecule has 2 aromatic carbocycles. The van der Waals surface area contributed by atoms with E-state index in [1.54, 1.807) is 4.90 Å². The molecule has 3 aliphatic rings. The highest BCUT2D eigenvalue weighted by atomic mass is 16.5. The van der Waals surface area contributed by atoms with Crippen molar-refractivity contribution in [2.45, 2.75) is 57.0 Å². The molecule has 2 amide bonds. The number of hydrogen-bond acceptors (Lipinski definition) is 5. The first kappa shape index (κ1) is 24.6. The van der Waals surface area contributed by atoms with Crippen molar-refractivity contribution in [2.24, 2.45) is 0 Å². The zero-order valence-electron chi connectivity index (χ0n) is 20.9. The summed E-state index contributed by atoms with van der Waals surface area (Å²) in [6, 6.07) is 14.2. The number of nitrogens with one attached hydrogen (secondary N) is 1. The quantitative estimate of drug-likeness (QED) is 0.710. The standard InChI is InChI=1S/C29H36N2O5/c32-27(20-35-25-13-12-22-7-1-2-10-24(22)19-25)31-16-18-36-29(21-31)14-6-5-9-23-8-3-4-11-26(23)34-17-15-30-28(29)33/h3-4,8,11-13,19H,1-2,5-7,9-10,14-18,20-21H2,(H,30,33). The maximum absolute atomic E-state index is 13.3. The lowest BCUT2D eigenvalue weighted by Crippen LogP contribution is -2.61. The molecule has 7 heteroatoms. The summed E-state index contributed by atoms with van der Waals surface area (Å²) in [5.74, 6) is 1.32. The molecule has 192 valence electrons. The number of amides is 2. The molecule has 0 saturated carbocycles. The highest BCUT2D eigenvalue weighted by Crippen LogP contribution is 2.28. The molecule has 1 atom stereocenters. The monoisotopic (exact) mass is 492 g/mol. The predicted octanol–water partition coefficient (Wildman–Crippen LogP) is 3.46. The van der Waals surface area contributed by atoms with E-state index in [4.69, 9.17) is 14.2 Å². The Balaban J connectivity index is 1.21. The lowest BCUT2D eigenvalue weighted by atomic mass is 9.91. The van der Waals surface area contributed by atoms with Crippen LogP contribution in [0.25, 0.3) is 0 Å². The molecule has 36 heavy (non-hydrogen) atoms. The maximum Gasteiger partial charge on any atom is 0.260 e. The van der Waals surface area contributed by atoms with Crippen LogP contribution < -0.4 is 14.8 Å². The van der Waals surface area contributed by atoms with Crippen LogP contribution in [0, 0.1) is 0 Å². The van der Waals surface area contributed by atoms with Crippen molar-refractivity contribution in [3.8, 4) is 11.5 Å². The van der Waals surface area contributed by atoms with Crippen molar-refractivity contribution >= 4 is 11.8 Å². The average Bonchev–Trinajstić information content (AvgIpc) is 2.92. The molecule has 1 spiro atoms. The number of ether oxygens (including phenoxy) is 3. The Bertz CT molecular complexity index is 1090. The highest BCUT2D eigenvalue weighted by Gasteiger charge is 2.44. The fraction of sp³-hybridized carbons (Fsp3) is 0.517. The third-order valence-corrected chi connectivity index (χ3v) is 7.53. The second-order valence-electron chi connectivity index (χ2n) is 10.0. The van der Waals surface area contributed by atoms with Crippen LogP contribution in [0.5, 0.6) is 11.5 Å². The van der Waals surface area contributed by atoms with Crippen LogP contribution in [0.2, 0.25) is 0 Å². The molecule has 1 fully saturated rings. The fourth-order valence-corrected chi connectivity index (χ4v) is 5.50. The van der Waals surface area contributed by atoms with Crippen molar-refractivity contribution < 1.29 is 23.8 Å². The zero-order chi connectivity index (χ0) is 24.8. The molecule has 5 rings (SSSR count). The van der Waals surface area contributed by atoms with Crippen molar-refractivity contribution in [1.82, 2.24) is 10.2 Å². The number of nitrogens with zero attached hydrogens (tertiary/aromatic N) is 1. The van der Waals surface area contributed by atoms with Gasteiger partial charge in [-0.3, -0.25) is 9.59 Å². The Morgan fingerprint density at radius 2 is 1.78 bits per heavy atom. The molecule has 1 saturated heterocycles. The Hall–Kier alpha value is -3.06. The van der Waals surface area contributed by atoms with Gasteiger partial charge in [-0.2, -0.15) is 0 Å². The fourth-order valence-electron chi connectivity index (χ4n) is 5.50. The van der Waals surface area contributed by atoms with Gasteiger partial charge in [0.1, 0.15) is 18.1 Å². The van der Waals surface area contributed by atoms with Crippen LogP contribution in [-0.4, -0.2) is 61.8 Å². The van der Waals surface area contributed by atoms with Crippen LogP contribution in [-0.2, 0) is 33.6 Å². The molecule has 7 nitrogen and oxygen atoms in total. The summed E-state index contributed by atoms with van der Waals surface area (Å²) in [5.41, 5.74) is 2.85. The van der Waals surface area contributed by atoms with E-state index in [1.165, 1.54) is 29.5 Å². The molecule has 1 unspecified atom stereocenters. The third kappa shape index (κ3) is 5.67. The first-order valence-corrected chi connectivity index (χ1v) is 13.3. The number of aryl methyl sites for hydroxylation is 3. The minimum Gasteiger partial charge on any atom is -0.491 e. The van der Waals surface area contributed by atoms with Gasteiger partial charge in [-0.25, -0.2) is 0 Å². The van der Waals surface area contributed by atoms with Gasteiger partial charge in [0.25, 0.3) is 11.8 Å². The molecule has 1 aliphatic carbocycles. The predicted molar refractivity (Wildman–Crippen MR) is 136 cm³/mol. The van der Waals surface area contributed by atoms with Crippen LogP contribution in [0.1, 0.15) is 48.8 Å². The van der Waals surface area contributed by atoms with E-state index in [1.807, 2.05) is 24.3 Å². The third-order valence-electron chi connectivity index (χ3n) is 7.53. The van der Waals surface area contributed by atoms with Gasteiger partial charge in [-0.1, -0.05) is 24.3 Å². The van der Waals surface area contributed by atoms with E-state index in [9.17, 15) is 9.59 Å². The molecule has 2 aromatic rings. The Morgan fingerprint density at radius 3 is 2.69 bits per heavy atom. The van der Waals surface area contributed by atoms with Gasteiger partial charge in [0.15, 0.2) is 12.2 Å². The van der Waals surface area contributed by atoms with E-state index < -0.39 is 5.60 Å². The van der Waals surface area contributed by atoms with E-state index >= 15 is 0 Å². The smallest absolute Gasteiger partial charge is 0.260 e. The van der Waals surface area contributed by atoms with Gasteiger partial charge >= 0.3 is 0 Å². The van der Waals surface area contributed by atoms with E-state index in [0.29, 0.717) is 32.7 Å². The molecule has 0 aromatic heterocycles. The van der Waals surface area contributed by atoms with Crippen molar-refractivity contribution in [3.63, 3.8) is 0 Å². The average molecular weight is 493 g/mol. The van der Waals surface area contributed by atoms with E-state index in [2.05, 4.69) is 23.5 Å². The summed E-state index contributed by atoms with van der Waals surface area (Å²) in [5, 5.41) is 2.98. The Morgan fingerprint density at radius 1 is 0.972 bits per heavy atom. The first-order chi connectivity index (χ1) is 17.6. The number of para-hydroxylation sites is 1. The summed E-state index contributed by atoms with van der Waals surface area (Å²) in [6.07, 6.45) is 7.79. The van der Waals surface area contributed by atoms with E-state index in [0.717, 1.165) is 43.6 Å². The molecule has 1 N–H and O–H groups in total. The Kier molecular flexibility index (Phi) is 7.75. The van der Waals surface area contributed by atoms with Crippen LogP contribution in [0.3, 0.4) is 0 Å². The maximum atomic E-state index is 13.3. The number of carbonyl (C=O) groups excluding carboxylic acids is 2.